The minimum absolute atomic E-state index is 0.211. The summed E-state index contributed by atoms with van der Waals surface area (Å²) in [6.07, 6.45) is 0. The Morgan fingerprint density at radius 1 is 1.53 bits per heavy atom. The summed E-state index contributed by atoms with van der Waals surface area (Å²) in [5, 5.41) is 7.48. The molecule has 100 valence electrons. The number of nitrogens with two attached hydrogens (primary N) is 1. The maximum absolute atomic E-state index is 13.8. The second kappa shape index (κ2) is 5.14. The van der Waals surface area contributed by atoms with Crippen molar-refractivity contribution in [3.8, 4) is 0 Å². The highest BCUT2D eigenvalue weighted by Gasteiger charge is 2.16. The third-order valence-corrected chi connectivity index (χ3v) is 3.09. The van der Waals surface area contributed by atoms with E-state index in [1.54, 1.807) is 30.8 Å². The van der Waals surface area contributed by atoms with E-state index in [4.69, 9.17) is 29.6 Å². The van der Waals surface area contributed by atoms with Crippen LogP contribution in [0.1, 0.15) is 11.3 Å². The summed E-state index contributed by atoms with van der Waals surface area (Å²) < 4.78 is 15.3. The summed E-state index contributed by atoms with van der Waals surface area (Å²) in [6, 6.07) is 4.37. The van der Waals surface area contributed by atoms with E-state index in [2.05, 4.69) is 10.4 Å². The summed E-state index contributed by atoms with van der Waals surface area (Å²) in [5.74, 6) is 0.0893. The number of hydrogen-bond acceptors (Lipinski definition) is 3. The zero-order valence-corrected chi connectivity index (χ0v) is 11.9. The fourth-order valence-electron chi connectivity index (χ4n) is 1.81. The number of rotatable bonds is 3. The number of hydrogen-bond donors (Lipinski definition) is 2. The van der Waals surface area contributed by atoms with Crippen LogP contribution in [-0.2, 0) is 7.05 Å². The molecule has 19 heavy (non-hydrogen) atoms. The molecule has 2 rings (SSSR count). The van der Waals surface area contributed by atoms with Crippen molar-refractivity contribution in [2.75, 3.05) is 5.32 Å². The van der Waals surface area contributed by atoms with Crippen molar-refractivity contribution in [1.29, 1.82) is 0 Å². The fraction of sp³-hybridized carbons (Fsp3) is 0.167. The van der Waals surface area contributed by atoms with Crippen LogP contribution in [0.3, 0.4) is 0 Å². The van der Waals surface area contributed by atoms with Crippen LogP contribution in [0.15, 0.2) is 18.2 Å². The maximum Gasteiger partial charge on any atom is 0.148 e. The van der Waals surface area contributed by atoms with Gasteiger partial charge >= 0.3 is 0 Å². The molecule has 0 aliphatic carbocycles. The predicted octanol–water partition coefficient (Wildman–Crippen LogP) is 2.90. The Hall–Kier alpha value is -1.66. The van der Waals surface area contributed by atoms with Gasteiger partial charge in [-0.15, -0.1) is 0 Å². The van der Waals surface area contributed by atoms with Crippen molar-refractivity contribution in [2.24, 2.45) is 12.8 Å². The smallest absolute Gasteiger partial charge is 0.148 e. The lowest BCUT2D eigenvalue weighted by Gasteiger charge is -2.10. The van der Waals surface area contributed by atoms with E-state index in [9.17, 15) is 4.39 Å². The van der Waals surface area contributed by atoms with E-state index in [1.165, 1.54) is 6.07 Å². The Morgan fingerprint density at radius 2 is 2.21 bits per heavy atom. The number of nitrogens with one attached hydrogen (secondary N) is 1. The number of aryl methyl sites for hydroxylation is 2. The monoisotopic (exact) mass is 298 g/mol. The Bertz CT molecular complexity index is 653. The van der Waals surface area contributed by atoms with E-state index < -0.39 is 5.82 Å². The molecule has 2 aromatic rings. The van der Waals surface area contributed by atoms with Gasteiger partial charge in [-0.25, -0.2) is 4.39 Å². The standard InChI is InChI=1S/C12H12ClFN4S/c1-6-10(11(15)19)12(18(2)17-6)16-9-4-3-7(13)5-8(9)14/h3-5,16H,1-2H3,(H2,15,19). The Balaban J connectivity index is 2.46. The van der Waals surface area contributed by atoms with Crippen LogP contribution in [0.5, 0.6) is 0 Å². The quantitative estimate of drug-likeness (QED) is 0.856. The molecule has 3 N–H and O–H groups in total. The molecule has 1 heterocycles. The molecule has 0 amide bonds. The van der Waals surface area contributed by atoms with E-state index >= 15 is 0 Å². The minimum Gasteiger partial charge on any atom is -0.389 e. The molecule has 1 aromatic heterocycles. The molecule has 0 atom stereocenters. The normalized spacial score (nSPS) is 10.5. The highest BCUT2D eigenvalue weighted by molar-refractivity contribution is 7.80. The topological polar surface area (TPSA) is 55.9 Å². The molecule has 0 bridgehead atoms. The van der Waals surface area contributed by atoms with Crippen molar-refractivity contribution in [3.63, 3.8) is 0 Å². The second-order valence-electron chi connectivity index (χ2n) is 4.05. The molecule has 0 aliphatic heterocycles. The number of nitrogens with zero attached hydrogens (tertiary/aromatic N) is 2. The second-order valence-corrected chi connectivity index (χ2v) is 4.92. The van der Waals surface area contributed by atoms with Crippen LogP contribution >= 0.6 is 23.8 Å². The van der Waals surface area contributed by atoms with Crippen molar-refractivity contribution in [2.45, 2.75) is 6.92 Å². The van der Waals surface area contributed by atoms with Crippen LogP contribution in [-0.4, -0.2) is 14.8 Å². The first-order valence-corrected chi connectivity index (χ1v) is 6.24. The Labute approximate surface area is 120 Å². The van der Waals surface area contributed by atoms with Gasteiger partial charge in [0.25, 0.3) is 0 Å². The molecular formula is C12H12ClFN4S. The molecule has 1 aromatic carbocycles. The van der Waals surface area contributed by atoms with Crippen molar-refractivity contribution in [1.82, 2.24) is 9.78 Å². The summed E-state index contributed by atoms with van der Waals surface area (Å²) >= 11 is 10.7. The molecule has 0 aliphatic rings. The number of halogens is 2. The lowest BCUT2D eigenvalue weighted by molar-refractivity contribution is 0.631. The molecule has 0 radical (unpaired) electrons. The average Bonchev–Trinajstić information content (AvgIpc) is 2.57. The molecule has 0 fully saturated rings. The fourth-order valence-corrected chi connectivity index (χ4v) is 2.22. The zero-order valence-electron chi connectivity index (χ0n) is 10.4. The lowest BCUT2D eigenvalue weighted by Crippen LogP contribution is -2.13. The van der Waals surface area contributed by atoms with Gasteiger partial charge in [-0.05, 0) is 25.1 Å². The van der Waals surface area contributed by atoms with Crippen LogP contribution in [0.25, 0.3) is 0 Å². The molecule has 0 saturated carbocycles. The molecule has 0 spiro atoms. The van der Waals surface area contributed by atoms with Gasteiger partial charge in [-0.1, -0.05) is 23.8 Å². The van der Waals surface area contributed by atoms with E-state index in [0.717, 1.165) is 0 Å². The van der Waals surface area contributed by atoms with Crippen molar-refractivity contribution < 1.29 is 4.39 Å². The number of thiocarbonyl (C=S) groups is 1. The van der Waals surface area contributed by atoms with Gasteiger partial charge in [0.2, 0.25) is 0 Å². The largest absolute Gasteiger partial charge is 0.389 e. The lowest BCUT2D eigenvalue weighted by atomic mass is 10.2. The molecule has 0 saturated heterocycles. The van der Waals surface area contributed by atoms with Gasteiger partial charge in [0.05, 0.1) is 16.9 Å². The van der Waals surface area contributed by atoms with Crippen LogP contribution < -0.4 is 11.1 Å². The van der Waals surface area contributed by atoms with E-state index in [0.29, 0.717) is 22.1 Å². The average molecular weight is 299 g/mol. The first kappa shape index (κ1) is 13.8. The number of anilines is 2. The van der Waals surface area contributed by atoms with Gasteiger partial charge in [-0.2, -0.15) is 5.10 Å². The van der Waals surface area contributed by atoms with Crippen molar-refractivity contribution in [3.05, 3.63) is 40.3 Å². The van der Waals surface area contributed by atoms with Gasteiger partial charge in [0.15, 0.2) is 0 Å². The summed E-state index contributed by atoms with van der Waals surface area (Å²) in [6.45, 7) is 1.79. The molecule has 0 unspecified atom stereocenters. The third kappa shape index (κ3) is 2.69. The minimum atomic E-state index is -0.458. The third-order valence-electron chi connectivity index (χ3n) is 2.65. The van der Waals surface area contributed by atoms with E-state index in [-0.39, 0.29) is 10.7 Å². The highest BCUT2D eigenvalue weighted by atomic mass is 35.5. The molecule has 7 heteroatoms. The van der Waals surface area contributed by atoms with Gasteiger partial charge in [0.1, 0.15) is 16.6 Å². The van der Waals surface area contributed by atoms with Gasteiger partial charge in [0, 0.05) is 12.1 Å². The van der Waals surface area contributed by atoms with Crippen molar-refractivity contribution >= 4 is 40.3 Å². The molecular weight excluding hydrogens is 287 g/mol. The Kier molecular flexibility index (Phi) is 3.73. The number of aromatic nitrogens is 2. The van der Waals surface area contributed by atoms with Crippen LogP contribution in [0, 0.1) is 12.7 Å². The van der Waals surface area contributed by atoms with Crippen LogP contribution in [0.2, 0.25) is 5.02 Å². The highest BCUT2D eigenvalue weighted by Crippen LogP contribution is 2.26. The summed E-state index contributed by atoms with van der Waals surface area (Å²) in [7, 11) is 1.73. The van der Waals surface area contributed by atoms with E-state index in [1.807, 2.05) is 0 Å². The number of benzene rings is 1. The molecule has 4 nitrogen and oxygen atoms in total. The van der Waals surface area contributed by atoms with Crippen LogP contribution in [0.4, 0.5) is 15.9 Å². The van der Waals surface area contributed by atoms with Gasteiger partial charge in [-0.3, -0.25) is 4.68 Å². The van der Waals surface area contributed by atoms with Gasteiger partial charge < -0.3 is 11.1 Å². The SMILES string of the molecule is Cc1nn(C)c(Nc2ccc(Cl)cc2F)c1C(N)=S. The summed E-state index contributed by atoms with van der Waals surface area (Å²) in [5.41, 5.74) is 7.24. The maximum atomic E-state index is 13.8. The predicted molar refractivity (Wildman–Crippen MR) is 78.5 cm³/mol. The Morgan fingerprint density at radius 3 is 2.79 bits per heavy atom. The summed E-state index contributed by atoms with van der Waals surface area (Å²) in [4.78, 5) is 0.211. The zero-order chi connectivity index (χ0) is 14.2. The first-order valence-electron chi connectivity index (χ1n) is 5.45. The first-order chi connectivity index (χ1) is 8.90.